The molecule has 0 unspecified atom stereocenters. The van der Waals surface area contributed by atoms with Crippen LogP contribution in [0.3, 0.4) is 0 Å². The van der Waals surface area contributed by atoms with Crippen molar-refractivity contribution in [3.8, 4) is 0 Å². The SMILES string of the molecule is CCNC(=S)NCCN(Cc1ccccc1)C(=S)NCC. The van der Waals surface area contributed by atoms with E-state index in [9.17, 15) is 0 Å². The van der Waals surface area contributed by atoms with Gasteiger partial charge in [-0.15, -0.1) is 0 Å². The lowest BCUT2D eigenvalue weighted by Crippen LogP contribution is -2.44. The first-order chi connectivity index (χ1) is 10.2. The minimum absolute atomic E-state index is 0.687. The van der Waals surface area contributed by atoms with Gasteiger partial charge in [0.05, 0.1) is 0 Å². The van der Waals surface area contributed by atoms with Crippen molar-refractivity contribution in [3.63, 3.8) is 0 Å². The molecule has 6 heteroatoms. The molecular formula is C15H24N4S2. The summed E-state index contributed by atoms with van der Waals surface area (Å²) in [5.41, 5.74) is 1.24. The van der Waals surface area contributed by atoms with Crippen LogP contribution < -0.4 is 16.0 Å². The summed E-state index contributed by atoms with van der Waals surface area (Å²) in [6.07, 6.45) is 0. The predicted octanol–water partition coefficient (Wildman–Crippen LogP) is 1.87. The van der Waals surface area contributed by atoms with Crippen molar-refractivity contribution in [2.24, 2.45) is 0 Å². The summed E-state index contributed by atoms with van der Waals surface area (Å²) in [7, 11) is 0. The van der Waals surface area contributed by atoms with E-state index >= 15 is 0 Å². The minimum atomic E-state index is 0.687. The van der Waals surface area contributed by atoms with Crippen LogP contribution in [0.1, 0.15) is 19.4 Å². The fourth-order valence-corrected chi connectivity index (χ4v) is 2.39. The van der Waals surface area contributed by atoms with E-state index in [-0.39, 0.29) is 0 Å². The van der Waals surface area contributed by atoms with Gasteiger partial charge in [0.2, 0.25) is 0 Å². The van der Waals surface area contributed by atoms with Crippen molar-refractivity contribution >= 4 is 34.7 Å². The molecule has 1 rings (SSSR count). The molecule has 1 aromatic carbocycles. The maximum absolute atomic E-state index is 5.44. The third-order valence-corrected chi connectivity index (χ3v) is 3.53. The van der Waals surface area contributed by atoms with Gasteiger partial charge in [-0.3, -0.25) is 0 Å². The van der Waals surface area contributed by atoms with Gasteiger partial charge in [-0.1, -0.05) is 30.3 Å². The molecule has 0 saturated carbocycles. The number of hydrogen-bond acceptors (Lipinski definition) is 2. The molecule has 4 nitrogen and oxygen atoms in total. The number of nitrogens with one attached hydrogen (secondary N) is 3. The Balaban J connectivity index is 2.52. The maximum Gasteiger partial charge on any atom is 0.169 e. The molecule has 1 aromatic rings. The summed E-state index contributed by atoms with van der Waals surface area (Å²) < 4.78 is 0. The van der Waals surface area contributed by atoms with E-state index in [1.807, 2.05) is 32.0 Å². The van der Waals surface area contributed by atoms with E-state index in [4.69, 9.17) is 24.4 Å². The first kappa shape index (κ1) is 17.7. The highest BCUT2D eigenvalue weighted by molar-refractivity contribution is 7.80. The molecule has 0 atom stereocenters. The Labute approximate surface area is 138 Å². The molecule has 0 radical (unpaired) electrons. The third kappa shape index (κ3) is 7.24. The van der Waals surface area contributed by atoms with Gasteiger partial charge in [0.15, 0.2) is 10.2 Å². The summed E-state index contributed by atoms with van der Waals surface area (Å²) in [4.78, 5) is 2.15. The van der Waals surface area contributed by atoms with E-state index in [2.05, 4.69) is 33.0 Å². The van der Waals surface area contributed by atoms with Gasteiger partial charge < -0.3 is 20.9 Å². The molecule has 3 N–H and O–H groups in total. The summed E-state index contributed by atoms with van der Waals surface area (Å²) in [5, 5.41) is 10.9. The highest BCUT2D eigenvalue weighted by Crippen LogP contribution is 2.04. The first-order valence-corrected chi connectivity index (χ1v) is 8.07. The predicted molar refractivity (Wildman–Crippen MR) is 97.4 cm³/mol. The molecule has 0 saturated heterocycles. The van der Waals surface area contributed by atoms with E-state index in [1.54, 1.807) is 0 Å². The molecule has 0 bridgehead atoms. The van der Waals surface area contributed by atoms with Crippen LogP contribution in [0.15, 0.2) is 30.3 Å². The highest BCUT2D eigenvalue weighted by atomic mass is 32.1. The molecule has 0 fully saturated rings. The molecule has 116 valence electrons. The number of thiocarbonyl (C=S) groups is 2. The van der Waals surface area contributed by atoms with Gasteiger partial charge >= 0.3 is 0 Å². The van der Waals surface area contributed by atoms with Gasteiger partial charge in [-0.05, 0) is 43.8 Å². The summed E-state index contributed by atoms with van der Waals surface area (Å²) in [6.45, 7) is 8.07. The van der Waals surface area contributed by atoms with Crippen LogP contribution in [-0.4, -0.2) is 41.3 Å². The van der Waals surface area contributed by atoms with Gasteiger partial charge in [-0.25, -0.2) is 0 Å². The largest absolute Gasteiger partial charge is 0.363 e. The topological polar surface area (TPSA) is 39.3 Å². The van der Waals surface area contributed by atoms with Crippen molar-refractivity contribution < 1.29 is 0 Å². The number of benzene rings is 1. The fourth-order valence-electron chi connectivity index (χ4n) is 1.85. The standard InChI is InChI=1S/C15H24N4S2/c1-3-16-14(20)18-10-11-19(15(21)17-4-2)12-13-8-6-5-7-9-13/h5-9H,3-4,10-12H2,1-2H3,(H,17,21)(H2,16,18,20). The second-order valence-electron chi connectivity index (χ2n) is 4.53. The van der Waals surface area contributed by atoms with E-state index in [0.717, 1.165) is 37.8 Å². The molecule has 0 amide bonds. The maximum atomic E-state index is 5.44. The lowest BCUT2D eigenvalue weighted by molar-refractivity contribution is 0.409. The van der Waals surface area contributed by atoms with Crippen molar-refractivity contribution in [3.05, 3.63) is 35.9 Å². The molecule has 0 aromatic heterocycles. The second-order valence-corrected chi connectivity index (χ2v) is 5.32. The zero-order chi connectivity index (χ0) is 15.5. The first-order valence-electron chi connectivity index (χ1n) is 7.25. The van der Waals surface area contributed by atoms with Crippen molar-refractivity contribution in [2.75, 3.05) is 26.2 Å². The van der Waals surface area contributed by atoms with E-state index in [1.165, 1.54) is 5.56 Å². The normalized spacial score (nSPS) is 9.81. The number of nitrogens with zero attached hydrogens (tertiary/aromatic N) is 1. The van der Waals surface area contributed by atoms with Crippen LogP contribution in [-0.2, 0) is 6.54 Å². The van der Waals surface area contributed by atoms with Gasteiger partial charge in [0, 0.05) is 32.7 Å². The summed E-state index contributed by atoms with van der Waals surface area (Å²) in [6, 6.07) is 10.3. The average molecular weight is 325 g/mol. The Morgan fingerprint density at radius 2 is 1.67 bits per heavy atom. The van der Waals surface area contributed by atoms with Crippen LogP contribution in [0, 0.1) is 0 Å². The minimum Gasteiger partial charge on any atom is -0.363 e. The van der Waals surface area contributed by atoms with E-state index < -0.39 is 0 Å². The van der Waals surface area contributed by atoms with Gasteiger partial charge in [0.1, 0.15) is 0 Å². The van der Waals surface area contributed by atoms with Crippen molar-refractivity contribution in [1.29, 1.82) is 0 Å². The number of hydrogen-bond donors (Lipinski definition) is 3. The molecule has 0 aliphatic carbocycles. The Morgan fingerprint density at radius 3 is 2.29 bits per heavy atom. The smallest absolute Gasteiger partial charge is 0.169 e. The second kappa shape index (κ2) is 10.3. The quantitative estimate of drug-likeness (QED) is 0.665. The lowest BCUT2D eigenvalue weighted by atomic mass is 10.2. The van der Waals surface area contributed by atoms with Gasteiger partial charge in [0.25, 0.3) is 0 Å². The summed E-state index contributed by atoms with van der Waals surface area (Å²) in [5.74, 6) is 0. The van der Waals surface area contributed by atoms with Gasteiger partial charge in [-0.2, -0.15) is 0 Å². The molecule has 0 spiro atoms. The highest BCUT2D eigenvalue weighted by Gasteiger charge is 2.09. The summed E-state index contributed by atoms with van der Waals surface area (Å²) >= 11 is 10.6. The zero-order valence-corrected chi connectivity index (χ0v) is 14.3. The molecule has 0 aliphatic rings. The zero-order valence-electron chi connectivity index (χ0n) is 12.7. The number of rotatable bonds is 7. The Hall–Kier alpha value is -1.40. The molecule has 0 heterocycles. The Morgan fingerprint density at radius 1 is 1.00 bits per heavy atom. The molecule has 21 heavy (non-hydrogen) atoms. The third-order valence-electron chi connectivity index (χ3n) is 2.84. The monoisotopic (exact) mass is 324 g/mol. The Kier molecular flexibility index (Phi) is 8.69. The van der Waals surface area contributed by atoms with Crippen molar-refractivity contribution in [1.82, 2.24) is 20.9 Å². The lowest BCUT2D eigenvalue weighted by Gasteiger charge is -2.26. The fraction of sp³-hybridized carbons (Fsp3) is 0.467. The van der Waals surface area contributed by atoms with Crippen LogP contribution in [0.4, 0.5) is 0 Å². The van der Waals surface area contributed by atoms with Crippen LogP contribution >= 0.6 is 24.4 Å². The Bertz CT molecular complexity index is 437. The van der Waals surface area contributed by atoms with Crippen LogP contribution in [0.25, 0.3) is 0 Å². The molecular weight excluding hydrogens is 300 g/mol. The molecule has 0 aliphatic heterocycles. The van der Waals surface area contributed by atoms with Crippen LogP contribution in [0.2, 0.25) is 0 Å². The van der Waals surface area contributed by atoms with Crippen LogP contribution in [0.5, 0.6) is 0 Å². The van der Waals surface area contributed by atoms with Crippen molar-refractivity contribution in [2.45, 2.75) is 20.4 Å². The van der Waals surface area contributed by atoms with E-state index in [0.29, 0.717) is 5.11 Å². The average Bonchev–Trinajstić information content (AvgIpc) is 2.48.